The molecule has 1 heterocycles. The second-order valence-electron chi connectivity index (χ2n) is 5.29. The first-order valence-corrected chi connectivity index (χ1v) is 7.21. The number of carbonyl (C=O) groups is 1. The van der Waals surface area contributed by atoms with Crippen molar-refractivity contribution in [3.8, 4) is 0 Å². The standard InChI is InChI=1S/C17H19N3O/c18-15-10-4-6-13-7-5-11-20(17(13)15)12-16(21)19-14-8-2-1-3-9-14/h1-4,6,8-10H,5,7,11-12,18H2,(H,19,21). The monoisotopic (exact) mass is 281 g/mol. The number of fused-ring (bicyclic) bond motifs is 1. The van der Waals surface area contributed by atoms with Crippen LogP contribution in [-0.2, 0) is 11.2 Å². The second-order valence-corrected chi connectivity index (χ2v) is 5.29. The Bertz CT molecular complexity index is 640. The fourth-order valence-corrected chi connectivity index (χ4v) is 2.82. The minimum absolute atomic E-state index is 0.0164. The number of rotatable bonds is 3. The molecular formula is C17H19N3O. The molecule has 1 amide bonds. The minimum atomic E-state index is -0.0164. The lowest BCUT2D eigenvalue weighted by Gasteiger charge is -2.31. The third kappa shape index (κ3) is 2.99. The fraction of sp³-hybridized carbons (Fsp3) is 0.235. The zero-order valence-electron chi connectivity index (χ0n) is 11.9. The molecule has 2 aromatic rings. The Morgan fingerprint density at radius 3 is 2.76 bits per heavy atom. The number of nitrogens with one attached hydrogen (secondary N) is 1. The van der Waals surface area contributed by atoms with Crippen LogP contribution in [0.4, 0.5) is 17.1 Å². The predicted molar refractivity (Wildman–Crippen MR) is 86.5 cm³/mol. The van der Waals surface area contributed by atoms with E-state index in [0.717, 1.165) is 36.4 Å². The first-order valence-electron chi connectivity index (χ1n) is 7.21. The van der Waals surface area contributed by atoms with E-state index in [0.29, 0.717) is 6.54 Å². The van der Waals surface area contributed by atoms with Gasteiger partial charge in [0, 0.05) is 12.2 Å². The predicted octanol–water partition coefficient (Wildman–Crippen LogP) is 2.66. The van der Waals surface area contributed by atoms with Gasteiger partial charge in [0.05, 0.1) is 17.9 Å². The van der Waals surface area contributed by atoms with Gasteiger partial charge in [0.15, 0.2) is 0 Å². The Labute approximate surface area is 124 Å². The molecule has 108 valence electrons. The number of anilines is 3. The second kappa shape index (κ2) is 5.87. The molecule has 0 atom stereocenters. The molecule has 3 rings (SSSR count). The normalized spacial score (nSPS) is 13.6. The van der Waals surface area contributed by atoms with Gasteiger partial charge in [-0.1, -0.05) is 30.3 Å². The highest BCUT2D eigenvalue weighted by molar-refractivity contribution is 5.95. The summed E-state index contributed by atoms with van der Waals surface area (Å²) in [7, 11) is 0. The molecule has 4 nitrogen and oxygen atoms in total. The SMILES string of the molecule is Nc1cccc2c1N(CC(=O)Nc1ccccc1)CCC2. The van der Waals surface area contributed by atoms with Gasteiger partial charge in [-0.3, -0.25) is 4.79 Å². The topological polar surface area (TPSA) is 58.4 Å². The molecule has 0 radical (unpaired) electrons. The molecule has 0 bridgehead atoms. The average Bonchev–Trinajstić information content (AvgIpc) is 2.48. The van der Waals surface area contributed by atoms with E-state index in [1.165, 1.54) is 5.56 Å². The van der Waals surface area contributed by atoms with Crippen molar-refractivity contribution in [2.24, 2.45) is 0 Å². The van der Waals surface area contributed by atoms with Crippen LogP contribution in [0.5, 0.6) is 0 Å². The first kappa shape index (κ1) is 13.5. The molecule has 1 aliphatic rings. The van der Waals surface area contributed by atoms with Crippen molar-refractivity contribution >= 4 is 23.0 Å². The van der Waals surface area contributed by atoms with Crippen molar-refractivity contribution in [2.45, 2.75) is 12.8 Å². The largest absolute Gasteiger partial charge is 0.397 e. The number of carbonyl (C=O) groups excluding carboxylic acids is 1. The van der Waals surface area contributed by atoms with Gasteiger partial charge in [-0.25, -0.2) is 0 Å². The van der Waals surface area contributed by atoms with Crippen molar-refractivity contribution in [2.75, 3.05) is 29.0 Å². The number of hydrogen-bond acceptors (Lipinski definition) is 3. The lowest BCUT2D eigenvalue weighted by Crippen LogP contribution is -2.37. The summed E-state index contributed by atoms with van der Waals surface area (Å²) in [5, 5.41) is 2.92. The number of benzene rings is 2. The van der Waals surface area contributed by atoms with Crippen LogP contribution >= 0.6 is 0 Å². The van der Waals surface area contributed by atoms with Crippen molar-refractivity contribution in [1.29, 1.82) is 0 Å². The van der Waals surface area contributed by atoms with Gasteiger partial charge in [-0.2, -0.15) is 0 Å². The summed E-state index contributed by atoms with van der Waals surface area (Å²) >= 11 is 0. The van der Waals surface area contributed by atoms with Gasteiger partial charge >= 0.3 is 0 Å². The molecule has 0 aromatic heterocycles. The molecule has 1 aliphatic heterocycles. The minimum Gasteiger partial charge on any atom is -0.397 e. The molecule has 3 N–H and O–H groups in total. The van der Waals surface area contributed by atoms with Crippen LogP contribution in [-0.4, -0.2) is 19.0 Å². The summed E-state index contributed by atoms with van der Waals surface area (Å²) in [6, 6.07) is 15.5. The maximum absolute atomic E-state index is 12.2. The van der Waals surface area contributed by atoms with Crippen LogP contribution in [0, 0.1) is 0 Å². The van der Waals surface area contributed by atoms with Crippen LogP contribution in [0.2, 0.25) is 0 Å². The van der Waals surface area contributed by atoms with E-state index in [1.807, 2.05) is 42.5 Å². The molecular weight excluding hydrogens is 262 g/mol. The zero-order valence-corrected chi connectivity index (χ0v) is 11.9. The summed E-state index contributed by atoms with van der Waals surface area (Å²) < 4.78 is 0. The van der Waals surface area contributed by atoms with Gasteiger partial charge in [0.1, 0.15) is 0 Å². The number of para-hydroxylation sites is 2. The first-order chi connectivity index (χ1) is 10.2. The number of nitrogen functional groups attached to an aromatic ring is 1. The van der Waals surface area contributed by atoms with Gasteiger partial charge < -0.3 is 16.0 Å². The van der Waals surface area contributed by atoms with Gasteiger partial charge in [-0.15, -0.1) is 0 Å². The highest BCUT2D eigenvalue weighted by Gasteiger charge is 2.21. The van der Waals surface area contributed by atoms with E-state index >= 15 is 0 Å². The third-order valence-corrected chi connectivity index (χ3v) is 3.73. The van der Waals surface area contributed by atoms with E-state index in [1.54, 1.807) is 0 Å². The summed E-state index contributed by atoms with van der Waals surface area (Å²) in [5.74, 6) is -0.0164. The van der Waals surface area contributed by atoms with Crippen molar-refractivity contribution < 1.29 is 4.79 Å². The molecule has 0 spiro atoms. The molecule has 2 aromatic carbocycles. The van der Waals surface area contributed by atoms with E-state index in [-0.39, 0.29) is 5.91 Å². The van der Waals surface area contributed by atoms with Crippen molar-refractivity contribution in [3.05, 3.63) is 54.1 Å². The van der Waals surface area contributed by atoms with Crippen LogP contribution in [0.3, 0.4) is 0 Å². The summed E-state index contributed by atoms with van der Waals surface area (Å²) in [6.45, 7) is 1.19. The van der Waals surface area contributed by atoms with Crippen LogP contribution in [0.25, 0.3) is 0 Å². The maximum atomic E-state index is 12.2. The van der Waals surface area contributed by atoms with Crippen LogP contribution in [0.1, 0.15) is 12.0 Å². The number of amides is 1. The van der Waals surface area contributed by atoms with E-state index in [4.69, 9.17) is 5.73 Å². The molecule has 0 saturated heterocycles. The van der Waals surface area contributed by atoms with Crippen LogP contribution < -0.4 is 16.0 Å². The Kier molecular flexibility index (Phi) is 3.77. The summed E-state index contributed by atoms with van der Waals surface area (Å²) in [4.78, 5) is 14.3. The highest BCUT2D eigenvalue weighted by atomic mass is 16.2. The fourth-order valence-electron chi connectivity index (χ4n) is 2.82. The molecule has 4 heteroatoms. The van der Waals surface area contributed by atoms with Crippen molar-refractivity contribution in [1.82, 2.24) is 0 Å². The Morgan fingerprint density at radius 2 is 1.95 bits per heavy atom. The van der Waals surface area contributed by atoms with Crippen molar-refractivity contribution in [3.63, 3.8) is 0 Å². The molecule has 0 fully saturated rings. The Morgan fingerprint density at radius 1 is 1.14 bits per heavy atom. The smallest absolute Gasteiger partial charge is 0.243 e. The quantitative estimate of drug-likeness (QED) is 0.850. The Hall–Kier alpha value is -2.49. The third-order valence-electron chi connectivity index (χ3n) is 3.73. The maximum Gasteiger partial charge on any atom is 0.243 e. The number of nitrogens with two attached hydrogens (primary N) is 1. The zero-order chi connectivity index (χ0) is 14.7. The lowest BCUT2D eigenvalue weighted by molar-refractivity contribution is -0.115. The molecule has 0 saturated carbocycles. The van der Waals surface area contributed by atoms with Crippen LogP contribution in [0.15, 0.2) is 48.5 Å². The number of hydrogen-bond donors (Lipinski definition) is 2. The summed E-state index contributed by atoms with van der Waals surface area (Å²) in [5.41, 5.74) is 9.91. The molecule has 0 unspecified atom stereocenters. The molecule has 21 heavy (non-hydrogen) atoms. The summed E-state index contributed by atoms with van der Waals surface area (Å²) in [6.07, 6.45) is 2.08. The van der Waals surface area contributed by atoms with Gasteiger partial charge in [0.2, 0.25) is 5.91 Å². The van der Waals surface area contributed by atoms with Gasteiger partial charge in [0.25, 0.3) is 0 Å². The van der Waals surface area contributed by atoms with E-state index in [2.05, 4.69) is 16.3 Å². The van der Waals surface area contributed by atoms with E-state index in [9.17, 15) is 4.79 Å². The number of aryl methyl sites for hydroxylation is 1. The average molecular weight is 281 g/mol. The van der Waals surface area contributed by atoms with E-state index < -0.39 is 0 Å². The highest BCUT2D eigenvalue weighted by Crippen LogP contribution is 2.32. The number of nitrogens with zero attached hydrogens (tertiary/aromatic N) is 1. The Balaban J connectivity index is 1.73. The lowest BCUT2D eigenvalue weighted by atomic mass is 10.0. The molecule has 0 aliphatic carbocycles. The van der Waals surface area contributed by atoms with Gasteiger partial charge in [-0.05, 0) is 36.6 Å².